The fraction of sp³-hybridized carbons (Fsp3) is 0.364. The highest BCUT2D eigenvalue weighted by molar-refractivity contribution is 9.10. The lowest BCUT2D eigenvalue weighted by atomic mass is 10.1. The Balaban J connectivity index is 1.90. The first kappa shape index (κ1) is 12.8. The smallest absolute Gasteiger partial charge is 0.407 e. The Kier molecular flexibility index (Phi) is 4.14. The summed E-state index contributed by atoms with van der Waals surface area (Å²) in [5.41, 5.74) is 3.85. The lowest BCUT2D eigenvalue weighted by Crippen LogP contribution is -2.37. The third kappa shape index (κ3) is 3.43. The van der Waals surface area contributed by atoms with Crippen LogP contribution in [0.3, 0.4) is 0 Å². The van der Waals surface area contributed by atoms with E-state index in [4.69, 9.17) is 5.11 Å². The molecule has 1 amide bonds. The number of likely N-dealkylation sites (tertiary alicyclic amines) is 1. The normalized spacial score (nSPS) is 15.4. The molecule has 1 aromatic heterocycles. The summed E-state index contributed by atoms with van der Waals surface area (Å²) in [6.07, 6.45) is 0.455. The van der Waals surface area contributed by atoms with E-state index < -0.39 is 6.09 Å². The van der Waals surface area contributed by atoms with Gasteiger partial charge < -0.3 is 10.0 Å². The third-order valence-electron chi connectivity index (χ3n) is 2.65. The Bertz CT molecular complexity index is 468. The number of halogens is 1. The molecule has 0 saturated carbocycles. The van der Waals surface area contributed by atoms with Gasteiger partial charge in [0.05, 0.1) is 0 Å². The van der Waals surface area contributed by atoms with Crippen molar-refractivity contribution in [2.45, 2.75) is 12.8 Å². The van der Waals surface area contributed by atoms with Crippen LogP contribution < -0.4 is 5.43 Å². The van der Waals surface area contributed by atoms with Crippen molar-refractivity contribution in [3.63, 3.8) is 0 Å². The fourth-order valence-corrected chi connectivity index (χ4v) is 2.02. The van der Waals surface area contributed by atoms with Crippen LogP contribution in [0, 0.1) is 0 Å². The van der Waals surface area contributed by atoms with Crippen molar-refractivity contribution in [1.29, 1.82) is 0 Å². The quantitative estimate of drug-likeness (QED) is 0.649. The highest BCUT2D eigenvalue weighted by Crippen LogP contribution is 2.11. The molecular weight excluding hydrogens is 300 g/mol. The van der Waals surface area contributed by atoms with Gasteiger partial charge in [0.25, 0.3) is 0 Å². The molecule has 2 rings (SSSR count). The maximum atomic E-state index is 10.7. The molecule has 1 aliphatic rings. The molecular formula is C11H13BrN4O2. The van der Waals surface area contributed by atoms with Crippen LogP contribution in [0.5, 0.6) is 0 Å². The van der Waals surface area contributed by atoms with E-state index in [9.17, 15) is 4.79 Å². The summed E-state index contributed by atoms with van der Waals surface area (Å²) < 4.78 is 0.744. The predicted octanol–water partition coefficient (Wildman–Crippen LogP) is 2.39. The van der Waals surface area contributed by atoms with Crippen molar-refractivity contribution in [3.8, 4) is 0 Å². The zero-order valence-electron chi connectivity index (χ0n) is 9.64. The van der Waals surface area contributed by atoms with Gasteiger partial charge in [0, 0.05) is 31.6 Å². The summed E-state index contributed by atoms with van der Waals surface area (Å²) in [6, 6.07) is 5.53. The molecule has 7 heteroatoms. The van der Waals surface area contributed by atoms with Gasteiger partial charge in [-0.05, 0) is 28.1 Å². The molecule has 6 nitrogen and oxygen atoms in total. The van der Waals surface area contributed by atoms with E-state index in [-0.39, 0.29) is 0 Å². The lowest BCUT2D eigenvalue weighted by Gasteiger charge is -2.24. The molecule has 2 N–H and O–H groups in total. The van der Waals surface area contributed by atoms with Crippen molar-refractivity contribution in [1.82, 2.24) is 9.88 Å². The van der Waals surface area contributed by atoms with Gasteiger partial charge in [-0.25, -0.2) is 9.78 Å². The average molecular weight is 313 g/mol. The van der Waals surface area contributed by atoms with Crippen LogP contribution in [-0.2, 0) is 0 Å². The summed E-state index contributed by atoms with van der Waals surface area (Å²) in [7, 11) is 0. The number of amides is 1. The first-order valence-corrected chi connectivity index (χ1v) is 6.36. The molecule has 1 aliphatic heterocycles. The minimum atomic E-state index is -0.865. The predicted molar refractivity (Wildman–Crippen MR) is 71.8 cm³/mol. The molecule has 1 saturated heterocycles. The fourth-order valence-electron chi connectivity index (χ4n) is 1.67. The summed E-state index contributed by atoms with van der Waals surface area (Å²) in [5.74, 6) is 0.664. The average Bonchev–Trinajstić information content (AvgIpc) is 2.37. The molecule has 96 valence electrons. The molecule has 0 aromatic carbocycles. The maximum Gasteiger partial charge on any atom is 0.407 e. The number of piperidine rings is 1. The highest BCUT2D eigenvalue weighted by Gasteiger charge is 2.18. The second-order valence-corrected chi connectivity index (χ2v) is 4.72. The number of carbonyl (C=O) groups is 1. The first-order valence-electron chi connectivity index (χ1n) is 5.57. The Morgan fingerprint density at radius 1 is 1.44 bits per heavy atom. The van der Waals surface area contributed by atoms with E-state index in [0.29, 0.717) is 31.7 Å². The summed E-state index contributed by atoms with van der Waals surface area (Å²) in [4.78, 5) is 16.3. The second-order valence-electron chi connectivity index (χ2n) is 3.91. The molecule has 2 heterocycles. The van der Waals surface area contributed by atoms with Gasteiger partial charge >= 0.3 is 6.09 Å². The van der Waals surface area contributed by atoms with E-state index in [0.717, 1.165) is 10.3 Å². The Hall–Kier alpha value is -1.63. The van der Waals surface area contributed by atoms with Crippen LogP contribution in [0.1, 0.15) is 12.8 Å². The van der Waals surface area contributed by atoms with Gasteiger partial charge in [0.15, 0.2) is 0 Å². The van der Waals surface area contributed by atoms with Crippen molar-refractivity contribution < 1.29 is 9.90 Å². The molecule has 1 aromatic rings. The van der Waals surface area contributed by atoms with Gasteiger partial charge in [-0.1, -0.05) is 6.07 Å². The molecule has 18 heavy (non-hydrogen) atoms. The van der Waals surface area contributed by atoms with Crippen LogP contribution in [0.2, 0.25) is 0 Å². The molecule has 0 atom stereocenters. The number of aromatic nitrogens is 1. The minimum absolute atomic E-state index is 0.502. The van der Waals surface area contributed by atoms with E-state index in [1.54, 1.807) is 0 Å². The van der Waals surface area contributed by atoms with Crippen LogP contribution in [0.25, 0.3) is 0 Å². The van der Waals surface area contributed by atoms with Gasteiger partial charge in [0.1, 0.15) is 10.4 Å². The Morgan fingerprint density at radius 2 is 2.17 bits per heavy atom. The summed E-state index contributed by atoms with van der Waals surface area (Å²) >= 11 is 3.28. The third-order valence-corrected chi connectivity index (χ3v) is 3.10. The van der Waals surface area contributed by atoms with Gasteiger partial charge in [0.2, 0.25) is 0 Å². The number of nitrogens with zero attached hydrogens (tertiary/aromatic N) is 3. The number of pyridine rings is 1. The number of anilines is 1. The number of nitrogens with one attached hydrogen (secondary N) is 1. The van der Waals surface area contributed by atoms with Crippen molar-refractivity contribution in [2.75, 3.05) is 18.5 Å². The SMILES string of the molecule is O=C(O)N1CCC(=NNc2cccc(Br)n2)CC1. The van der Waals surface area contributed by atoms with Gasteiger partial charge in [-0.2, -0.15) is 5.10 Å². The maximum absolute atomic E-state index is 10.7. The summed E-state index contributed by atoms with van der Waals surface area (Å²) in [5, 5.41) is 13.1. The van der Waals surface area contributed by atoms with E-state index in [1.807, 2.05) is 18.2 Å². The van der Waals surface area contributed by atoms with Crippen LogP contribution >= 0.6 is 15.9 Å². The molecule has 0 unspecified atom stereocenters. The van der Waals surface area contributed by atoms with E-state index >= 15 is 0 Å². The Labute approximate surface area is 113 Å². The largest absolute Gasteiger partial charge is 0.465 e. The zero-order valence-corrected chi connectivity index (χ0v) is 11.2. The number of rotatable bonds is 2. The van der Waals surface area contributed by atoms with E-state index in [2.05, 4.69) is 31.4 Å². The van der Waals surface area contributed by atoms with Crippen molar-refractivity contribution >= 4 is 33.6 Å². The Morgan fingerprint density at radius 3 is 2.78 bits per heavy atom. The lowest BCUT2D eigenvalue weighted by molar-refractivity contribution is 0.145. The first-order chi connectivity index (χ1) is 8.65. The topological polar surface area (TPSA) is 77.8 Å². The van der Waals surface area contributed by atoms with Crippen molar-refractivity contribution in [2.24, 2.45) is 5.10 Å². The minimum Gasteiger partial charge on any atom is -0.465 e. The van der Waals surface area contributed by atoms with E-state index in [1.165, 1.54) is 4.90 Å². The zero-order chi connectivity index (χ0) is 13.0. The monoisotopic (exact) mass is 312 g/mol. The van der Waals surface area contributed by atoms with Gasteiger partial charge in [-0.3, -0.25) is 5.43 Å². The summed E-state index contributed by atoms with van der Waals surface area (Å²) in [6.45, 7) is 1.00. The van der Waals surface area contributed by atoms with Gasteiger partial charge in [-0.15, -0.1) is 0 Å². The van der Waals surface area contributed by atoms with Crippen LogP contribution in [0.4, 0.5) is 10.6 Å². The van der Waals surface area contributed by atoms with Crippen LogP contribution in [0.15, 0.2) is 27.9 Å². The molecule has 0 spiro atoms. The molecule has 0 aliphatic carbocycles. The number of hydrogen-bond donors (Lipinski definition) is 2. The standard InChI is InChI=1S/C11H13BrN4O2/c12-9-2-1-3-10(13-9)15-14-8-4-6-16(7-5-8)11(17)18/h1-3H,4-7H2,(H,13,15)(H,17,18). The number of hydrazone groups is 1. The molecule has 1 fully saturated rings. The molecule has 0 radical (unpaired) electrons. The number of carboxylic acid groups (broad SMARTS) is 1. The number of hydrogen-bond acceptors (Lipinski definition) is 4. The second kappa shape index (κ2) is 5.81. The van der Waals surface area contributed by atoms with Crippen LogP contribution in [-0.4, -0.2) is 39.9 Å². The molecule has 0 bridgehead atoms. The highest BCUT2D eigenvalue weighted by atomic mass is 79.9. The van der Waals surface area contributed by atoms with Crippen molar-refractivity contribution in [3.05, 3.63) is 22.8 Å².